The van der Waals surface area contributed by atoms with Crippen molar-refractivity contribution in [3.8, 4) is 0 Å². The van der Waals surface area contributed by atoms with Crippen molar-refractivity contribution in [3.05, 3.63) is 28.2 Å². The average molecular weight is 256 g/mol. The number of thioether (sulfide) groups is 1. The molecule has 0 unspecified atom stereocenters. The minimum absolute atomic E-state index is 0.211. The van der Waals surface area contributed by atoms with E-state index in [0.717, 1.165) is 4.90 Å². The highest BCUT2D eigenvalue weighted by atomic mass is 35.5. The SMILES string of the molecule is O=C(Cl)CSc1ccc(Cl)cc1Cl. The zero-order valence-corrected chi connectivity index (χ0v) is 9.47. The highest BCUT2D eigenvalue weighted by Gasteiger charge is 2.03. The van der Waals surface area contributed by atoms with Crippen LogP contribution in [0.1, 0.15) is 0 Å². The number of carbonyl (C=O) groups is 1. The Morgan fingerprint density at radius 2 is 2.08 bits per heavy atom. The molecule has 70 valence electrons. The lowest BCUT2D eigenvalue weighted by Crippen LogP contribution is -1.89. The molecule has 0 spiro atoms. The van der Waals surface area contributed by atoms with Crippen LogP contribution in [-0.4, -0.2) is 11.0 Å². The molecule has 0 saturated heterocycles. The van der Waals surface area contributed by atoms with Crippen LogP contribution in [0.2, 0.25) is 10.0 Å². The Kier molecular flexibility index (Phi) is 4.39. The number of halogens is 3. The van der Waals surface area contributed by atoms with Gasteiger partial charge in [0, 0.05) is 9.92 Å². The van der Waals surface area contributed by atoms with Crippen LogP contribution >= 0.6 is 46.6 Å². The quantitative estimate of drug-likeness (QED) is 0.603. The smallest absolute Gasteiger partial charge is 0.231 e. The molecule has 0 aliphatic rings. The number of rotatable bonds is 3. The third-order valence-corrected chi connectivity index (χ3v) is 3.26. The molecule has 1 nitrogen and oxygen atoms in total. The lowest BCUT2D eigenvalue weighted by atomic mass is 10.4. The fourth-order valence-electron chi connectivity index (χ4n) is 0.727. The first-order chi connectivity index (χ1) is 6.09. The normalized spacial score (nSPS) is 10.1. The lowest BCUT2D eigenvalue weighted by Gasteiger charge is -2.01. The molecular weight excluding hydrogens is 251 g/mol. The van der Waals surface area contributed by atoms with Crippen molar-refractivity contribution in [2.45, 2.75) is 4.90 Å². The van der Waals surface area contributed by atoms with Crippen molar-refractivity contribution >= 4 is 51.8 Å². The van der Waals surface area contributed by atoms with Crippen molar-refractivity contribution < 1.29 is 4.79 Å². The maximum Gasteiger partial charge on any atom is 0.231 e. The van der Waals surface area contributed by atoms with Gasteiger partial charge >= 0.3 is 0 Å². The first kappa shape index (κ1) is 11.2. The molecule has 1 rings (SSSR count). The summed E-state index contributed by atoms with van der Waals surface area (Å²) >= 11 is 18.0. The van der Waals surface area contributed by atoms with Gasteiger partial charge in [0.15, 0.2) is 0 Å². The standard InChI is InChI=1S/C8H5Cl3OS/c9-5-1-2-7(6(10)3-5)13-4-8(11)12/h1-3H,4H2. The van der Waals surface area contributed by atoms with Crippen LogP contribution in [0.25, 0.3) is 0 Å². The minimum Gasteiger partial charge on any atom is -0.280 e. The molecule has 1 aromatic rings. The molecule has 5 heteroatoms. The fourth-order valence-corrected chi connectivity index (χ4v) is 2.09. The van der Waals surface area contributed by atoms with Crippen LogP contribution in [0.15, 0.2) is 23.1 Å². The van der Waals surface area contributed by atoms with Crippen LogP contribution < -0.4 is 0 Å². The van der Waals surface area contributed by atoms with E-state index in [2.05, 4.69) is 0 Å². The second-order valence-corrected chi connectivity index (χ2v) is 4.50. The summed E-state index contributed by atoms with van der Waals surface area (Å²) < 4.78 is 0. The molecule has 0 saturated carbocycles. The Bertz CT molecular complexity index is 327. The second-order valence-electron chi connectivity index (χ2n) is 2.22. The molecule has 0 bridgehead atoms. The highest BCUT2D eigenvalue weighted by molar-refractivity contribution is 8.00. The van der Waals surface area contributed by atoms with Crippen LogP contribution in [0.3, 0.4) is 0 Å². The van der Waals surface area contributed by atoms with Crippen molar-refractivity contribution in [3.63, 3.8) is 0 Å². The van der Waals surface area contributed by atoms with Crippen LogP contribution in [0.4, 0.5) is 0 Å². The zero-order chi connectivity index (χ0) is 9.84. The lowest BCUT2D eigenvalue weighted by molar-refractivity contribution is -0.109. The van der Waals surface area contributed by atoms with E-state index in [-0.39, 0.29) is 5.75 Å². The van der Waals surface area contributed by atoms with Gasteiger partial charge in [-0.2, -0.15) is 0 Å². The van der Waals surface area contributed by atoms with E-state index in [1.165, 1.54) is 11.8 Å². The molecule has 13 heavy (non-hydrogen) atoms. The third kappa shape index (κ3) is 3.77. The van der Waals surface area contributed by atoms with Gasteiger partial charge in [0.1, 0.15) is 0 Å². The van der Waals surface area contributed by atoms with Gasteiger partial charge in [0.05, 0.1) is 10.8 Å². The predicted molar refractivity (Wildman–Crippen MR) is 58.0 cm³/mol. The maximum absolute atomic E-state index is 10.5. The van der Waals surface area contributed by atoms with Crippen molar-refractivity contribution in [1.82, 2.24) is 0 Å². The number of benzene rings is 1. The fraction of sp³-hybridized carbons (Fsp3) is 0.125. The van der Waals surface area contributed by atoms with Gasteiger partial charge in [-0.05, 0) is 29.8 Å². The topological polar surface area (TPSA) is 17.1 Å². The van der Waals surface area contributed by atoms with Gasteiger partial charge in [0.2, 0.25) is 5.24 Å². The molecule has 0 atom stereocenters. The zero-order valence-electron chi connectivity index (χ0n) is 6.39. The molecule has 0 amide bonds. The molecule has 1 aromatic carbocycles. The summed E-state index contributed by atoms with van der Waals surface area (Å²) in [5.41, 5.74) is 0. The average Bonchev–Trinajstić information content (AvgIpc) is 2.02. The number of hydrogen-bond donors (Lipinski definition) is 0. The van der Waals surface area contributed by atoms with Gasteiger partial charge in [-0.1, -0.05) is 23.2 Å². The molecule has 0 aliphatic carbocycles. The Balaban J connectivity index is 2.72. The first-order valence-corrected chi connectivity index (χ1v) is 5.47. The molecule has 0 heterocycles. The van der Waals surface area contributed by atoms with E-state index in [0.29, 0.717) is 10.0 Å². The monoisotopic (exact) mass is 254 g/mol. The van der Waals surface area contributed by atoms with Gasteiger partial charge in [-0.15, -0.1) is 11.8 Å². The number of carbonyl (C=O) groups excluding carboxylic acids is 1. The Hall–Kier alpha value is 0.110. The molecule has 0 aliphatic heterocycles. The van der Waals surface area contributed by atoms with Gasteiger partial charge in [-0.25, -0.2) is 0 Å². The van der Waals surface area contributed by atoms with E-state index in [1.807, 2.05) is 0 Å². The van der Waals surface area contributed by atoms with E-state index in [4.69, 9.17) is 34.8 Å². The second kappa shape index (κ2) is 5.11. The summed E-state index contributed by atoms with van der Waals surface area (Å²) in [6.45, 7) is 0. The maximum atomic E-state index is 10.5. The highest BCUT2D eigenvalue weighted by Crippen LogP contribution is 2.29. The van der Waals surface area contributed by atoms with Gasteiger partial charge in [0.25, 0.3) is 0 Å². The Morgan fingerprint density at radius 1 is 1.38 bits per heavy atom. The summed E-state index contributed by atoms with van der Waals surface area (Å²) in [7, 11) is 0. The summed E-state index contributed by atoms with van der Waals surface area (Å²) in [5.74, 6) is 0.211. The van der Waals surface area contributed by atoms with E-state index in [9.17, 15) is 4.79 Å². The minimum atomic E-state index is -0.393. The molecular formula is C8H5Cl3OS. The largest absolute Gasteiger partial charge is 0.280 e. The summed E-state index contributed by atoms with van der Waals surface area (Å²) in [5, 5.41) is 0.720. The van der Waals surface area contributed by atoms with Gasteiger partial charge in [-0.3, -0.25) is 4.79 Å². The predicted octanol–water partition coefficient (Wildman–Crippen LogP) is 3.85. The summed E-state index contributed by atoms with van der Waals surface area (Å²) in [4.78, 5) is 11.3. The van der Waals surface area contributed by atoms with E-state index in [1.54, 1.807) is 18.2 Å². The molecule has 0 radical (unpaired) electrons. The van der Waals surface area contributed by atoms with Crippen molar-refractivity contribution in [1.29, 1.82) is 0 Å². The summed E-state index contributed by atoms with van der Waals surface area (Å²) in [6.07, 6.45) is 0. The van der Waals surface area contributed by atoms with Crippen molar-refractivity contribution in [2.75, 3.05) is 5.75 Å². The molecule has 0 fully saturated rings. The number of hydrogen-bond acceptors (Lipinski definition) is 2. The van der Waals surface area contributed by atoms with E-state index < -0.39 is 5.24 Å². The Morgan fingerprint density at radius 3 is 2.62 bits per heavy atom. The first-order valence-electron chi connectivity index (χ1n) is 3.36. The molecule has 0 aromatic heterocycles. The summed E-state index contributed by atoms with van der Waals surface area (Å²) in [6, 6.07) is 5.10. The third-order valence-electron chi connectivity index (χ3n) is 1.24. The van der Waals surface area contributed by atoms with Crippen molar-refractivity contribution in [2.24, 2.45) is 0 Å². The Labute approximate surface area is 95.4 Å². The van der Waals surface area contributed by atoms with Gasteiger partial charge < -0.3 is 0 Å². The van der Waals surface area contributed by atoms with Crippen LogP contribution in [-0.2, 0) is 4.79 Å². The molecule has 0 N–H and O–H groups in total. The van der Waals surface area contributed by atoms with Crippen LogP contribution in [0.5, 0.6) is 0 Å². The van der Waals surface area contributed by atoms with E-state index >= 15 is 0 Å². The van der Waals surface area contributed by atoms with Crippen LogP contribution in [0, 0.1) is 0 Å².